The van der Waals surface area contributed by atoms with Crippen molar-refractivity contribution >= 4 is 53.7 Å². The second-order valence-electron chi connectivity index (χ2n) is 7.54. The van der Waals surface area contributed by atoms with E-state index in [2.05, 4.69) is 115 Å². The monoisotopic (exact) mass is 401 g/mol. The van der Waals surface area contributed by atoms with E-state index in [-0.39, 0.29) is 0 Å². The largest absolute Gasteiger partial charge is 0.356 e. The molecule has 0 bridgehead atoms. The number of rotatable bonds is 3. The van der Waals surface area contributed by atoms with E-state index in [1.807, 2.05) is 11.3 Å². The number of nitrogens with one attached hydrogen (secondary N) is 1. The number of fused-ring (bicyclic) bond motifs is 4. The second-order valence-corrected chi connectivity index (χ2v) is 8.60. The molecule has 1 heterocycles. The molecule has 0 radical (unpaired) electrons. The third-order valence-electron chi connectivity index (χ3n) is 5.64. The Morgan fingerprint density at radius 1 is 0.533 bits per heavy atom. The van der Waals surface area contributed by atoms with Crippen molar-refractivity contribution in [3.63, 3.8) is 0 Å². The van der Waals surface area contributed by atoms with Crippen LogP contribution in [-0.4, -0.2) is 0 Å². The minimum absolute atomic E-state index is 1.09. The van der Waals surface area contributed by atoms with Crippen LogP contribution in [0.1, 0.15) is 0 Å². The van der Waals surface area contributed by atoms with Crippen LogP contribution in [0, 0.1) is 0 Å². The van der Waals surface area contributed by atoms with Gasteiger partial charge >= 0.3 is 0 Å². The van der Waals surface area contributed by atoms with E-state index >= 15 is 0 Å². The molecule has 30 heavy (non-hydrogen) atoms. The van der Waals surface area contributed by atoms with E-state index < -0.39 is 0 Å². The maximum absolute atomic E-state index is 3.54. The average Bonchev–Trinajstić information content (AvgIpc) is 3.18. The first kappa shape index (κ1) is 17.3. The summed E-state index contributed by atoms with van der Waals surface area (Å²) in [6, 6.07) is 39.0. The Hall–Kier alpha value is -3.62. The molecule has 0 saturated carbocycles. The molecule has 6 rings (SSSR count). The van der Waals surface area contributed by atoms with Gasteiger partial charge in [0.25, 0.3) is 0 Å². The van der Waals surface area contributed by atoms with E-state index in [9.17, 15) is 0 Å². The Labute approximate surface area is 179 Å². The molecule has 0 aliphatic rings. The van der Waals surface area contributed by atoms with Crippen LogP contribution in [0.15, 0.2) is 109 Å². The summed E-state index contributed by atoms with van der Waals surface area (Å²) in [6.07, 6.45) is 0. The molecule has 1 nitrogen and oxygen atoms in total. The van der Waals surface area contributed by atoms with Gasteiger partial charge in [-0.2, -0.15) is 0 Å². The molecule has 0 unspecified atom stereocenters. The van der Waals surface area contributed by atoms with Gasteiger partial charge in [0.2, 0.25) is 0 Å². The summed E-state index contributed by atoms with van der Waals surface area (Å²) in [6.45, 7) is 0. The van der Waals surface area contributed by atoms with Crippen LogP contribution in [0.3, 0.4) is 0 Å². The summed E-state index contributed by atoms with van der Waals surface area (Å²) in [5.74, 6) is 0. The van der Waals surface area contributed by atoms with Gasteiger partial charge in [0.15, 0.2) is 0 Å². The van der Waals surface area contributed by atoms with Crippen LogP contribution < -0.4 is 5.32 Å². The van der Waals surface area contributed by atoms with Gasteiger partial charge in [0.05, 0.1) is 0 Å². The number of benzene rings is 5. The fraction of sp³-hybridized carbons (Fsp3) is 0. The first-order valence-corrected chi connectivity index (χ1v) is 10.9. The summed E-state index contributed by atoms with van der Waals surface area (Å²) < 4.78 is 2.70. The van der Waals surface area contributed by atoms with Crippen molar-refractivity contribution in [1.29, 1.82) is 0 Å². The lowest BCUT2D eigenvalue weighted by Gasteiger charge is -2.09. The average molecular weight is 402 g/mol. The smallest absolute Gasteiger partial charge is 0.0433 e. The molecule has 0 spiro atoms. The fourth-order valence-electron chi connectivity index (χ4n) is 4.14. The van der Waals surface area contributed by atoms with Gasteiger partial charge in [-0.05, 0) is 52.2 Å². The van der Waals surface area contributed by atoms with E-state index in [0.717, 1.165) is 11.4 Å². The van der Waals surface area contributed by atoms with Crippen LogP contribution in [0.2, 0.25) is 0 Å². The minimum atomic E-state index is 1.09. The Balaban J connectivity index is 1.35. The molecule has 0 fully saturated rings. The van der Waals surface area contributed by atoms with Crippen molar-refractivity contribution in [2.75, 3.05) is 5.32 Å². The summed E-state index contributed by atoms with van der Waals surface area (Å²) >= 11 is 1.88. The first-order chi connectivity index (χ1) is 14.8. The molecule has 6 aromatic rings. The SMILES string of the molecule is c1ccc2cc(Nc3ccc(-c4cccc5c4sc4ccccc45)cc3)ccc2c1. The zero-order valence-corrected chi connectivity index (χ0v) is 17.1. The molecule has 142 valence electrons. The highest BCUT2D eigenvalue weighted by Gasteiger charge is 2.10. The predicted octanol–water partition coefficient (Wildman–Crippen LogP) is 8.62. The van der Waals surface area contributed by atoms with Crippen LogP contribution in [-0.2, 0) is 0 Å². The van der Waals surface area contributed by atoms with Gasteiger partial charge in [-0.25, -0.2) is 0 Å². The standard InChI is InChI=1S/C28H19NS/c1-2-7-21-18-23(17-12-19(21)6-1)29-22-15-13-20(14-16-22)24-9-5-10-26-25-8-3-4-11-27(25)30-28(24)26/h1-18,29H. The van der Waals surface area contributed by atoms with Crippen molar-refractivity contribution in [3.05, 3.63) is 109 Å². The maximum Gasteiger partial charge on any atom is 0.0433 e. The zero-order chi connectivity index (χ0) is 19.9. The van der Waals surface area contributed by atoms with Crippen LogP contribution in [0.5, 0.6) is 0 Å². The quantitative estimate of drug-likeness (QED) is 0.313. The lowest BCUT2D eigenvalue weighted by molar-refractivity contribution is 1.56. The van der Waals surface area contributed by atoms with E-state index in [1.165, 1.54) is 42.1 Å². The maximum atomic E-state index is 3.54. The minimum Gasteiger partial charge on any atom is -0.356 e. The van der Waals surface area contributed by atoms with Gasteiger partial charge in [-0.3, -0.25) is 0 Å². The first-order valence-electron chi connectivity index (χ1n) is 10.1. The third-order valence-corrected chi connectivity index (χ3v) is 6.86. The Bertz CT molecular complexity index is 1510. The molecule has 1 aromatic heterocycles. The predicted molar refractivity (Wildman–Crippen MR) is 132 cm³/mol. The zero-order valence-electron chi connectivity index (χ0n) is 16.3. The molecule has 0 saturated heterocycles. The highest BCUT2D eigenvalue weighted by Crippen LogP contribution is 2.40. The van der Waals surface area contributed by atoms with Gasteiger partial charge in [-0.15, -0.1) is 11.3 Å². The molecule has 0 aliphatic carbocycles. The Morgan fingerprint density at radius 2 is 1.27 bits per heavy atom. The highest BCUT2D eigenvalue weighted by molar-refractivity contribution is 7.26. The topological polar surface area (TPSA) is 12.0 Å². The van der Waals surface area contributed by atoms with Crippen molar-refractivity contribution in [3.8, 4) is 11.1 Å². The normalized spacial score (nSPS) is 11.3. The van der Waals surface area contributed by atoms with Crippen molar-refractivity contribution in [2.45, 2.75) is 0 Å². The van der Waals surface area contributed by atoms with Crippen molar-refractivity contribution < 1.29 is 0 Å². The van der Waals surface area contributed by atoms with Gasteiger partial charge in [0.1, 0.15) is 0 Å². The van der Waals surface area contributed by atoms with E-state index in [0.29, 0.717) is 0 Å². The number of anilines is 2. The number of hydrogen-bond acceptors (Lipinski definition) is 2. The second kappa shape index (κ2) is 7.01. The summed E-state index contributed by atoms with van der Waals surface area (Å²) in [4.78, 5) is 0. The highest BCUT2D eigenvalue weighted by atomic mass is 32.1. The number of thiophene rings is 1. The summed E-state index contributed by atoms with van der Waals surface area (Å²) in [5.41, 5.74) is 4.74. The van der Waals surface area contributed by atoms with Crippen LogP contribution in [0.4, 0.5) is 11.4 Å². The molecular formula is C28H19NS. The van der Waals surface area contributed by atoms with E-state index in [1.54, 1.807) is 0 Å². The lowest BCUT2D eigenvalue weighted by Crippen LogP contribution is -1.90. The summed E-state index contributed by atoms with van der Waals surface area (Å²) in [7, 11) is 0. The molecular weight excluding hydrogens is 382 g/mol. The molecule has 2 heteroatoms. The summed E-state index contributed by atoms with van der Waals surface area (Å²) in [5, 5.41) is 8.72. The molecule has 1 N–H and O–H groups in total. The van der Waals surface area contributed by atoms with Gasteiger partial charge < -0.3 is 5.32 Å². The molecule has 0 atom stereocenters. The van der Waals surface area contributed by atoms with Gasteiger partial charge in [0, 0.05) is 31.5 Å². The molecule has 0 aliphatic heterocycles. The lowest BCUT2D eigenvalue weighted by atomic mass is 10.0. The van der Waals surface area contributed by atoms with Crippen molar-refractivity contribution in [2.24, 2.45) is 0 Å². The third kappa shape index (κ3) is 2.94. The van der Waals surface area contributed by atoms with E-state index in [4.69, 9.17) is 0 Å². The fourth-order valence-corrected chi connectivity index (χ4v) is 5.38. The van der Waals surface area contributed by atoms with Crippen molar-refractivity contribution in [1.82, 2.24) is 0 Å². The van der Waals surface area contributed by atoms with Gasteiger partial charge in [-0.1, -0.05) is 78.9 Å². The Kier molecular flexibility index (Phi) is 4.03. The Morgan fingerprint density at radius 3 is 2.17 bits per heavy atom. The van der Waals surface area contributed by atoms with Crippen LogP contribution in [0.25, 0.3) is 42.1 Å². The molecule has 0 amide bonds. The van der Waals surface area contributed by atoms with Crippen LogP contribution >= 0.6 is 11.3 Å². The molecule has 5 aromatic carbocycles. The number of hydrogen-bond donors (Lipinski definition) is 1.